The van der Waals surface area contributed by atoms with Gasteiger partial charge in [-0.25, -0.2) is 4.39 Å². The normalized spacial score (nSPS) is 9.58. The van der Waals surface area contributed by atoms with Crippen LogP contribution < -0.4 is 5.32 Å². The zero-order valence-electron chi connectivity index (χ0n) is 9.81. The lowest BCUT2D eigenvalue weighted by Crippen LogP contribution is -2.10. The quantitative estimate of drug-likeness (QED) is 0.827. The average Bonchev–Trinajstić information content (AvgIpc) is 2.92. The minimum absolute atomic E-state index is 0.183. The van der Waals surface area contributed by atoms with Gasteiger partial charge in [-0.1, -0.05) is 11.8 Å². The van der Waals surface area contributed by atoms with Crippen LogP contribution in [0.1, 0.15) is 15.9 Å². The molecule has 0 aliphatic rings. The van der Waals surface area contributed by atoms with Crippen molar-refractivity contribution in [1.82, 2.24) is 0 Å². The number of aliphatic hydroxyl groups is 1. The van der Waals surface area contributed by atoms with Gasteiger partial charge in [-0.3, -0.25) is 4.79 Å². The van der Waals surface area contributed by atoms with Gasteiger partial charge in [-0.2, -0.15) is 11.3 Å². The molecule has 19 heavy (non-hydrogen) atoms. The van der Waals surface area contributed by atoms with Crippen LogP contribution in [0.15, 0.2) is 35.0 Å². The Morgan fingerprint density at radius 3 is 2.89 bits per heavy atom. The molecule has 1 amide bonds. The molecule has 0 saturated carbocycles. The van der Waals surface area contributed by atoms with Gasteiger partial charge in [0.05, 0.1) is 11.1 Å². The van der Waals surface area contributed by atoms with Crippen LogP contribution in [0.5, 0.6) is 0 Å². The summed E-state index contributed by atoms with van der Waals surface area (Å²) in [5.74, 6) is 4.03. The van der Waals surface area contributed by atoms with Crippen LogP contribution in [-0.4, -0.2) is 17.6 Å². The van der Waals surface area contributed by atoms with E-state index in [2.05, 4.69) is 17.2 Å². The standard InChI is InChI=1S/C14H10FNO2S/c15-13-8-12(4-3-10(13)2-1-6-17)16-14(18)11-5-7-19-9-11/h3-5,7-9,17H,6H2,(H,16,18). The number of anilines is 1. The van der Waals surface area contributed by atoms with E-state index < -0.39 is 5.82 Å². The van der Waals surface area contributed by atoms with Gasteiger partial charge in [0.15, 0.2) is 0 Å². The summed E-state index contributed by atoms with van der Waals surface area (Å²) >= 11 is 1.42. The second-order valence-corrected chi connectivity index (χ2v) is 4.40. The molecule has 0 atom stereocenters. The lowest BCUT2D eigenvalue weighted by atomic mass is 10.2. The van der Waals surface area contributed by atoms with E-state index in [9.17, 15) is 9.18 Å². The molecule has 2 aromatic rings. The van der Waals surface area contributed by atoms with Gasteiger partial charge in [-0.05, 0) is 29.6 Å². The first kappa shape index (κ1) is 13.3. The average molecular weight is 275 g/mol. The predicted octanol–water partition coefficient (Wildman–Crippen LogP) is 2.48. The second kappa shape index (κ2) is 6.14. The Morgan fingerprint density at radius 2 is 2.26 bits per heavy atom. The summed E-state index contributed by atoms with van der Waals surface area (Å²) in [5.41, 5.74) is 1.08. The summed E-state index contributed by atoms with van der Waals surface area (Å²) < 4.78 is 13.6. The van der Waals surface area contributed by atoms with E-state index in [4.69, 9.17) is 5.11 Å². The van der Waals surface area contributed by atoms with Crippen LogP contribution in [-0.2, 0) is 0 Å². The van der Waals surface area contributed by atoms with E-state index in [1.807, 2.05) is 0 Å². The third kappa shape index (κ3) is 3.41. The molecule has 0 unspecified atom stereocenters. The number of thiophene rings is 1. The molecule has 96 valence electrons. The number of aliphatic hydroxyl groups excluding tert-OH is 1. The fourth-order valence-electron chi connectivity index (χ4n) is 1.43. The molecule has 2 rings (SSSR count). The van der Waals surface area contributed by atoms with E-state index in [1.54, 1.807) is 22.9 Å². The molecule has 0 aliphatic heterocycles. The van der Waals surface area contributed by atoms with Crippen molar-refractivity contribution in [3.63, 3.8) is 0 Å². The van der Waals surface area contributed by atoms with Crippen molar-refractivity contribution >= 4 is 22.9 Å². The highest BCUT2D eigenvalue weighted by atomic mass is 32.1. The second-order valence-electron chi connectivity index (χ2n) is 3.62. The van der Waals surface area contributed by atoms with Gasteiger partial charge < -0.3 is 10.4 Å². The summed E-state index contributed by atoms with van der Waals surface area (Å²) in [4.78, 5) is 11.8. The summed E-state index contributed by atoms with van der Waals surface area (Å²) in [6.45, 7) is -0.323. The fourth-order valence-corrected chi connectivity index (χ4v) is 2.06. The Hall–Kier alpha value is -2.16. The van der Waals surface area contributed by atoms with Gasteiger partial charge in [0, 0.05) is 11.1 Å². The fraction of sp³-hybridized carbons (Fsp3) is 0.0714. The third-order valence-electron chi connectivity index (χ3n) is 2.31. The number of hydrogen-bond donors (Lipinski definition) is 2. The monoisotopic (exact) mass is 275 g/mol. The SMILES string of the molecule is O=C(Nc1ccc(C#CCO)c(F)c1)c1ccsc1. The molecule has 5 heteroatoms. The third-order valence-corrected chi connectivity index (χ3v) is 3.00. The Morgan fingerprint density at radius 1 is 1.42 bits per heavy atom. The zero-order chi connectivity index (χ0) is 13.7. The number of carbonyl (C=O) groups excluding carboxylic acids is 1. The zero-order valence-corrected chi connectivity index (χ0v) is 10.6. The van der Waals surface area contributed by atoms with E-state index in [-0.39, 0.29) is 18.1 Å². The van der Waals surface area contributed by atoms with Crippen molar-refractivity contribution in [1.29, 1.82) is 0 Å². The first-order valence-electron chi connectivity index (χ1n) is 5.43. The number of halogens is 1. The van der Waals surface area contributed by atoms with E-state index >= 15 is 0 Å². The lowest BCUT2D eigenvalue weighted by molar-refractivity contribution is 0.102. The van der Waals surface area contributed by atoms with E-state index in [0.717, 1.165) is 0 Å². The molecule has 1 aromatic carbocycles. The molecule has 0 radical (unpaired) electrons. The summed E-state index contributed by atoms with van der Waals surface area (Å²) in [6.07, 6.45) is 0. The van der Waals surface area contributed by atoms with E-state index in [0.29, 0.717) is 11.3 Å². The van der Waals surface area contributed by atoms with Gasteiger partial charge in [0.25, 0.3) is 5.91 Å². The first-order valence-corrected chi connectivity index (χ1v) is 6.38. The van der Waals surface area contributed by atoms with Crippen molar-refractivity contribution in [2.75, 3.05) is 11.9 Å². The number of rotatable bonds is 2. The number of benzene rings is 1. The molecule has 0 aliphatic carbocycles. The van der Waals surface area contributed by atoms with Gasteiger partial charge in [0.1, 0.15) is 12.4 Å². The highest BCUT2D eigenvalue weighted by molar-refractivity contribution is 7.08. The highest BCUT2D eigenvalue weighted by Crippen LogP contribution is 2.15. The number of amides is 1. The van der Waals surface area contributed by atoms with Crippen LogP contribution >= 0.6 is 11.3 Å². The van der Waals surface area contributed by atoms with Gasteiger partial charge in [0.2, 0.25) is 0 Å². The molecule has 0 saturated heterocycles. The van der Waals surface area contributed by atoms with Crippen molar-refractivity contribution in [2.24, 2.45) is 0 Å². The first-order chi connectivity index (χ1) is 9.20. The molecule has 1 aromatic heterocycles. The largest absolute Gasteiger partial charge is 0.384 e. The molecule has 1 heterocycles. The predicted molar refractivity (Wildman–Crippen MR) is 72.6 cm³/mol. The summed E-state index contributed by atoms with van der Waals surface area (Å²) in [6, 6.07) is 5.92. The Kier molecular flexibility index (Phi) is 4.29. The number of carbonyl (C=O) groups is 1. The molecule has 0 fully saturated rings. The van der Waals surface area contributed by atoms with Crippen molar-refractivity contribution in [3.05, 3.63) is 52.0 Å². The Bertz CT molecular complexity index is 641. The van der Waals surface area contributed by atoms with Crippen molar-refractivity contribution in [3.8, 4) is 11.8 Å². The van der Waals surface area contributed by atoms with Crippen LogP contribution in [0.25, 0.3) is 0 Å². The molecule has 0 bridgehead atoms. The Balaban J connectivity index is 2.14. The highest BCUT2D eigenvalue weighted by Gasteiger charge is 2.07. The van der Waals surface area contributed by atoms with Crippen LogP contribution in [0.3, 0.4) is 0 Å². The number of nitrogens with one attached hydrogen (secondary N) is 1. The Labute approximate surface area is 113 Å². The maximum atomic E-state index is 13.6. The summed E-state index contributed by atoms with van der Waals surface area (Å²) in [7, 11) is 0. The molecule has 0 spiro atoms. The maximum absolute atomic E-state index is 13.6. The van der Waals surface area contributed by atoms with Crippen molar-refractivity contribution < 1.29 is 14.3 Å². The number of hydrogen-bond acceptors (Lipinski definition) is 3. The van der Waals surface area contributed by atoms with Gasteiger partial charge in [-0.15, -0.1) is 0 Å². The van der Waals surface area contributed by atoms with Crippen molar-refractivity contribution in [2.45, 2.75) is 0 Å². The minimum atomic E-state index is -0.538. The minimum Gasteiger partial charge on any atom is -0.384 e. The topological polar surface area (TPSA) is 49.3 Å². The van der Waals surface area contributed by atoms with Crippen LogP contribution in [0.4, 0.5) is 10.1 Å². The van der Waals surface area contributed by atoms with Gasteiger partial charge >= 0.3 is 0 Å². The molecular weight excluding hydrogens is 265 g/mol. The molecular formula is C14H10FNO2S. The maximum Gasteiger partial charge on any atom is 0.256 e. The smallest absolute Gasteiger partial charge is 0.256 e. The molecule has 2 N–H and O–H groups in total. The molecule has 3 nitrogen and oxygen atoms in total. The summed E-state index contributed by atoms with van der Waals surface area (Å²) in [5, 5.41) is 14.7. The lowest BCUT2D eigenvalue weighted by Gasteiger charge is -2.04. The van der Waals surface area contributed by atoms with Crippen LogP contribution in [0, 0.1) is 17.7 Å². The van der Waals surface area contributed by atoms with E-state index in [1.165, 1.54) is 23.5 Å². The van der Waals surface area contributed by atoms with Crippen LogP contribution in [0.2, 0.25) is 0 Å².